The van der Waals surface area contributed by atoms with Gasteiger partial charge < -0.3 is 20.5 Å². The van der Waals surface area contributed by atoms with Crippen LogP contribution in [0, 0.1) is 0 Å². The summed E-state index contributed by atoms with van der Waals surface area (Å²) in [4.78, 5) is 24.7. The summed E-state index contributed by atoms with van der Waals surface area (Å²) >= 11 is 0. The van der Waals surface area contributed by atoms with E-state index in [0.717, 1.165) is 47.5 Å². The van der Waals surface area contributed by atoms with E-state index >= 15 is 0 Å². The van der Waals surface area contributed by atoms with Gasteiger partial charge in [0.25, 0.3) is 5.91 Å². The number of aromatic hydroxyl groups is 1. The van der Waals surface area contributed by atoms with Crippen molar-refractivity contribution in [1.82, 2.24) is 0 Å². The van der Waals surface area contributed by atoms with Crippen LogP contribution < -0.4 is 15.4 Å². The van der Waals surface area contributed by atoms with Gasteiger partial charge in [0.15, 0.2) is 6.10 Å². The van der Waals surface area contributed by atoms with Gasteiger partial charge in [-0.15, -0.1) is 0 Å². The maximum absolute atomic E-state index is 13.7. The average molecular weight is 623 g/mol. The van der Waals surface area contributed by atoms with Gasteiger partial charge in [0.1, 0.15) is 11.5 Å². The van der Waals surface area contributed by atoms with Crippen molar-refractivity contribution in [2.24, 2.45) is 0 Å². The molecule has 0 saturated carbocycles. The van der Waals surface area contributed by atoms with Gasteiger partial charge in [0, 0.05) is 17.3 Å². The Bertz CT molecular complexity index is 1320. The molecule has 2 aromatic rings. The number of benzene rings is 2. The van der Waals surface area contributed by atoms with E-state index in [2.05, 4.69) is 46.0 Å². The summed E-state index contributed by atoms with van der Waals surface area (Å²) in [6.07, 6.45) is -5.81. The van der Waals surface area contributed by atoms with Crippen LogP contribution in [0.25, 0.3) is 0 Å². The van der Waals surface area contributed by atoms with Crippen molar-refractivity contribution in [1.29, 1.82) is 0 Å². The minimum absolute atomic E-state index is 0.0934. The largest absolute Gasteiger partial charge is 0.506 e. The maximum atomic E-state index is 13.7. The molecule has 240 valence electrons. The molecule has 0 aliphatic carbocycles. The highest BCUT2D eigenvalue weighted by atomic mass is 19.4. The van der Waals surface area contributed by atoms with Crippen molar-refractivity contribution in [2.75, 3.05) is 10.6 Å². The third kappa shape index (κ3) is 7.53. The van der Waals surface area contributed by atoms with Crippen LogP contribution in [0.4, 0.5) is 42.1 Å². The van der Waals surface area contributed by atoms with Crippen LogP contribution in [0.5, 0.6) is 11.5 Å². The fourth-order valence-electron chi connectivity index (χ4n) is 3.91. The molecule has 0 aliphatic heterocycles. The second kappa shape index (κ2) is 12.6. The number of anilines is 2. The molecule has 2 aromatic carbocycles. The Hall–Kier alpha value is -3.51. The van der Waals surface area contributed by atoms with Gasteiger partial charge in [-0.2, -0.15) is 30.7 Å². The van der Waals surface area contributed by atoms with Gasteiger partial charge in [0.2, 0.25) is 0 Å². The zero-order valence-electron chi connectivity index (χ0n) is 25.0. The molecule has 1 atom stereocenters. The number of hydrogen-bond donors (Lipinski definition) is 3. The molecule has 0 saturated heterocycles. The Balaban J connectivity index is 2.27. The SMILES string of the molecule is CC[C@@H](Oc1ccc(C(C)(C)CC)cc1C(C)(C)CC)C(=O)Nc1ccc(NC(=O)C(F)(F)C(F)(F)C(F)(F)F)c(O)c1. The van der Waals surface area contributed by atoms with Crippen molar-refractivity contribution < 1.29 is 50.2 Å². The van der Waals surface area contributed by atoms with E-state index in [0.29, 0.717) is 5.75 Å². The number of halogens is 7. The highest BCUT2D eigenvalue weighted by Gasteiger charge is 2.76. The van der Waals surface area contributed by atoms with Crippen molar-refractivity contribution >= 4 is 23.2 Å². The van der Waals surface area contributed by atoms with Crippen LogP contribution in [-0.4, -0.2) is 41.0 Å². The number of nitrogens with one attached hydrogen (secondary N) is 2. The molecule has 13 heteroatoms. The lowest BCUT2D eigenvalue weighted by molar-refractivity contribution is -0.343. The van der Waals surface area contributed by atoms with Crippen molar-refractivity contribution in [2.45, 2.75) is 103 Å². The van der Waals surface area contributed by atoms with Gasteiger partial charge in [-0.3, -0.25) is 9.59 Å². The van der Waals surface area contributed by atoms with Gasteiger partial charge >= 0.3 is 23.9 Å². The van der Waals surface area contributed by atoms with E-state index in [1.165, 1.54) is 0 Å². The monoisotopic (exact) mass is 622 g/mol. The van der Waals surface area contributed by atoms with Gasteiger partial charge in [-0.05, 0) is 53.9 Å². The minimum Gasteiger partial charge on any atom is -0.506 e. The average Bonchev–Trinajstić information content (AvgIpc) is 2.92. The summed E-state index contributed by atoms with van der Waals surface area (Å²) in [5.74, 6) is -16.9. The van der Waals surface area contributed by atoms with Crippen LogP contribution in [0.1, 0.15) is 78.9 Å². The number of ether oxygens (including phenoxy) is 1. The molecule has 0 bridgehead atoms. The number of alkyl halides is 7. The minimum atomic E-state index is -6.71. The van der Waals surface area contributed by atoms with Gasteiger partial charge in [-0.25, -0.2) is 0 Å². The highest BCUT2D eigenvalue weighted by molar-refractivity contribution is 5.99. The molecule has 0 heterocycles. The molecule has 43 heavy (non-hydrogen) atoms. The second-order valence-corrected chi connectivity index (χ2v) is 11.5. The Morgan fingerprint density at radius 2 is 1.42 bits per heavy atom. The highest BCUT2D eigenvalue weighted by Crippen LogP contribution is 2.47. The summed E-state index contributed by atoms with van der Waals surface area (Å²) in [6.45, 7) is 14.2. The Labute approximate surface area is 246 Å². The smallest absolute Gasteiger partial charge is 0.460 e. The maximum Gasteiger partial charge on any atom is 0.460 e. The summed E-state index contributed by atoms with van der Waals surface area (Å²) in [5, 5.41) is 13.8. The van der Waals surface area contributed by atoms with Crippen molar-refractivity contribution in [3.63, 3.8) is 0 Å². The molecule has 0 radical (unpaired) electrons. The Morgan fingerprint density at radius 3 is 1.91 bits per heavy atom. The number of phenolic OH excluding ortho intramolecular Hbond substituents is 1. The molecule has 6 nitrogen and oxygen atoms in total. The molecule has 0 spiro atoms. The fourth-order valence-corrected chi connectivity index (χ4v) is 3.91. The first-order chi connectivity index (χ1) is 19.6. The first-order valence-electron chi connectivity index (χ1n) is 13.6. The normalized spacial score (nSPS) is 13.8. The molecular weight excluding hydrogens is 585 g/mol. The van der Waals surface area contributed by atoms with Crippen LogP contribution in [0.15, 0.2) is 36.4 Å². The van der Waals surface area contributed by atoms with E-state index in [1.807, 2.05) is 19.1 Å². The molecule has 0 unspecified atom stereocenters. The first-order valence-corrected chi connectivity index (χ1v) is 13.6. The topological polar surface area (TPSA) is 87.7 Å². The second-order valence-electron chi connectivity index (χ2n) is 11.5. The lowest BCUT2D eigenvalue weighted by Gasteiger charge is -2.31. The van der Waals surface area contributed by atoms with E-state index in [4.69, 9.17) is 4.74 Å². The molecule has 0 aromatic heterocycles. The number of carbonyl (C=O) groups excluding carboxylic acids is 2. The van der Waals surface area contributed by atoms with Crippen LogP contribution in [0.3, 0.4) is 0 Å². The molecule has 3 N–H and O–H groups in total. The fraction of sp³-hybridized carbons (Fsp3) is 0.533. The molecule has 2 amide bonds. The lowest BCUT2D eigenvalue weighted by Crippen LogP contribution is -2.57. The summed E-state index contributed by atoms with van der Waals surface area (Å²) in [5.41, 5.74) is 0.650. The third-order valence-electron chi connectivity index (χ3n) is 7.74. The number of carbonyl (C=O) groups is 2. The number of hydrogen-bond acceptors (Lipinski definition) is 4. The standard InChI is InChI=1S/C30H37F7N2O4/c1-8-22(43-23-14-11-17(26(4,5)9-2)15-19(23)27(6,7)10-3)24(41)38-18-12-13-20(21(40)16-18)39-25(42)28(31,32)29(33,34)30(35,36)37/h11-16,22,40H,8-10H2,1-7H3,(H,38,41)(H,39,42)/t22-/m1/s1. The zero-order valence-corrected chi connectivity index (χ0v) is 25.0. The quantitative estimate of drug-likeness (QED) is 0.164. The van der Waals surface area contributed by atoms with Crippen LogP contribution in [-0.2, 0) is 20.4 Å². The summed E-state index contributed by atoms with van der Waals surface area (Å²) in [6, 6.07) is 8.41. The van der Waals surface area contributed by atoms with E-state index in [1.54, 1.807) is 6.92 Å². The first kappa shape index (κ1) is 35.7. The van der Waals surface area contributed by atoms with E-state index < -0.39 is 47.4 Å². The Kier molecular flexibility index (Phi) is 10.5. The predicted molar refractivity (Wildman–Crippen MR) is 149 cm³/mol. The van der Waals surface area contributed by atoms with Crippen LogP contribution in [0.2, 0.25) is 0 Å². The van der Waals surface area contributed by atoms with E-state index in [-0.39, 0.29) is 22.9 Å². The molecular formula is C30H37F7N2O4. The Morgan fingerprint density at radius 1 is 0.837 bits per heavy atom. The van der Waals surface area contributed by atoms with Crippen molar-refractivity contribution in [3.8, 4) is 11.5 Å². The van der Waals surface area contributed by atoms with Gasteiger partial charge in [0.05, 0.1) is 5.69 Å². The molecule has 0 aliphatic rings. The summed E-state index contributed by atoms with van der Waals surface area (Å²) < 4.78 is 97.0. The van der Waals surface area contributed by atoms with Crippen molar-refractivity contribution in [3.05, 3.63) is 47.5 Å². The number of rotatable bonds is 12. The molecule has 0 fully saturated rings. The predicted octanol–water partition coefficient (Wildman–Crippen LogP) is 8.33. The lowest BCUT2D eigenvalue weighted by atomic mass is 9.76. The number of phenols is 1. The third-order valence-corrected chi connectivity index (χ3v) is 7.74. The summed E-state index contributed by atoms with van der Waals surface area (Å²) in [7, 11) is 0. The van der Waals surface area contributed by atoms with Gasteiger partial charge in [-0.1, -0.05) is 60.6 Å². The van der Waals surface area contributed by atoms with Crippen LogP contribution >= 0.6 is 0 Å². The zero-order chi connectivity index (χ0) is 33.2. The van der Waals surface area contributed by atoms with E-state index in [9.17, 15) is 45.4 Å². The number of amides is 2. The molecule has 2 rings (SSSR count).